The van der Waals surface area contributed by atoms with Gasteiger partial charge in [-0.05, 0) is 26.3 Å². The van der Waals surface area contributed by atoms with Crippen LogP contribution in [0.4, 0.5) is 4.79 Å². The number of nitrogens with zero attached hydrogens (tertiary/aromatic N) is 2. The number of ether oxygens (including phenoxy) is 1. The molecule has 1 unspecified atom stereocenters. The van der Waals surface area contributed by atoms with Gasteiger partial charge < -0.3 is 19.9 Å². The number of thioether (sulfide) groups is 1. The van der Waals surface area contributed by atoms with E-state index in [2.05, 4.69) is 24.3 Å². The van der Waals surface area contributed by atoms with Crippen LogP contribution in [-0.4, -0.2) is 80.8 Å². The molecule has 0 spiro atoms. The molecule has 1 aliphatic rings. The Morgan fingerprint density at radius 1 is 1.56 bits per heavy atom. The quantitative estimate of drug-likeness (QED) is 0.751. The molecule has 106 valence electrons. The number of hydrogen-bond acceptors (Lipinski definition) is 4. The minimum absolute atomic E-state index is 0.0430. The Labute approximate surface area is 114 Å². The first-order valence-corrected chi connectivity index (χ1v) is 7.56. The SMILES string of the molecule is COCCNC(=O)N1CCCSCC1CN(C)C. The number of urea groups is 1. The van der Waals surface area contributed by atoms with Crippen molar-refractivity contribution in [2.45, 2.75) is 12.5 Å². The molecule has 1 saturated heterocycles. The van der Waals surface area contributed by atoms with Crippen molar-refractivity contribution in [3.63, 3.8) is 0 Å². The molecule has 0 aromatic heterocycles. The van der Waals surface area contributed by atoms with Crippen LogP contribution in [0.5, 0.6) is 0 Å². The lowest BCUT2D eigenvalue weighted by Crippen LogP contribution is -2.51. The largest absolute Gasteiger partial charge is 0.383 e. The van der Waals surface area contributed by atoms with E-state index in [1.807, 2.05) is 16.7 Å². The summed E-state index contributed by atoms with van der Waals surface area (Å²) >= 11 is 1.94. The van der Waals surface area contributed by atoms with Crippen molar-refractivity contribution in [1.29, 1.82) is 0 Å². The van der Waals surface area contributed by atoms with Crippen molar-refractivity contribution in [1.82, 2.24) is 15.1 Å². The average molecular weight is 275 g/mol. The van der Waals surface area contributed by atoms with Gasteiger partial charge in [0.25, 0.3) is 0 Å². The Morgan fingerprint density at radius 2 is 2.33 bits per heavy atom. The molecule has 1 aliphatic heterocycles. The van der Waals surface area contributed by atoms with Gasteiger partial charge in [0.15, 0.2) is 0 Å². The second-order valence-electron chi connectivity index (χ2n) is 4.76. The second-order valence-corrected chi connectivity index (χ2v) is 5.91. The van der Waals surface area contributed by atoms with Crippen LogP contribution in [0.2, 0.25) is 0 Å². The number of methoxy groups -OCH3 is 1. The molecule has 2 amide bonds. The third kappa shape index (κ3) is 5.46. The van der Waals surface area contributed by atoms with Gasteiger partial charge in [0, 0.05) is 32.5 Å². The van der Waals surface area contributed by atoms with Crippen LogP contribution in [0.15, 0.2) is 0 Å². The van der Waals surface area contributed by atoms with Crippen LogP contribution >= 0.6 is 11.8 Å². The Morgan fingerprint density at radius 3 is 3.00 bits per heavy atom. The van der Waals surface area contributed by atoms with Gasteiger partial charge in [-0.2, -0.15) is 11.8 Å². The van der Waals surface area contributed by atoms with Crippen molar-refractivity contribution in [3.8, 4) is 0 Å². The first kappa shape index (κ1) is 15.6. The van der Waals surface area contributed by atoms with Gasteiger partial charge >= 0.3 is 6.03 Å². The Hall–Kier alpha value is -0.460. The third-order valence-electron chi connectivity index (χ3n) is 2.86. The number of carbonyl (C=O) groups is 1. The summed E-state index contributed by atoms with van der Waals surface area (Å²) in [5, 5.41) is 2.92. The zero-order valence-electron chi connectivity index (χ0n) is 11.6. The van der Waals surface area contributed by atoms with E-state index < -0.39 is 0 Å². The molecule has 0 saturated carbocycles. The van der Waals surface area contributed by atoms with Crippen LogP contribution in [-0.2, 0) is 4.74 Å². The van der Waals surface area contributed by atoms with Gasteiger partial charge in [-0.15, -0.1) is 0 Å². The maximum Gasteiger partial charge on any atom is 0.317 e. The fraction of sp³-hybridized carbons (Fsp3) is 0.917. The fourth-order valence-electron chi connectivity index (χ4n) is 2.03. The Balaban J connectivity index is 2.52. The summed E-state index contributed by atoms with van der Waals surface area (Å²) in [7, 11) is 5.75. The lowest BCUT2D eigenvalue weighted by Gasteiger charge is -2.31. The molecule has 1 N–H and O–H groups in total. The molecule has 5 nitrogen and oxygen atoms in total. The summed E-state index contributed by atoms with van der Waals surface area (Å²) in [5.74, 6) is 2.17. The number of rotatable bonds is 5. The summed E-state index contributed by atoms with van der Waals surface area (Å²) in [6.45, 7) is 2.91. The highest BCUT2D eigenvalue weighted by Gasteiger charge is 2.25. The highest BCUT2D eigenvalue weighted by Crippen LogP contribution is 2.16. The molecule has 0 aromatic carbocycles. The molecule has 1 rings (SSSR count). The third-order valence-corrected chi connectivity index (χ3v) is 4.06. The molecule has 18 heavy (non-hydrogen) atoms. The van der Waals surface area contributed by atoms with E-state index in [9.17, 15) is 4.79 Å². The number of carbonyl (C=O) groups excluding carboxylic acids is 1. The highest BCUT2D eigenvalue weighted by atomic mass is 32.2. The fourth-order valence-corrected chi connectivity index (χ4v) is 3.09. The van der Waals surface area contributed by atoms with Crippen LogP contribution in [0.1, 0.15) is 6.42 Å². The minimum Gasteiger partial charge on any atom is -0.383 e. The molecular formula is C12H25N3O2S. The molecule has 1 fully saturated rings. The van der Waals surface area contributed by atoms with Crippen molar-refractivity contribution in [2.24, 2.45) is 0 Å². The standard InChI is InChI=1S/C12H25N3O2S/c1-14(2)9-11-10-18-8-4-6-15(11)12(16)13-5-7-17-3/h11H,4-10H2,1-3H3,(H,13,16). The highest BCUT2D eigenvalue weighted by molar-refractivity contribution is 7.99. The first-order valence-electron chi connectivity index (χ1n) is 6.41. The lowest BCUT2D eigenvalue weighted by atomic mass is 10.2. The van der Waals surface area contributed by atoms with Gasteiger partial charge in [0.1, 0.15) is 0 Å². The van der Waals surface area contributed by atoms with Crippen LogP contribution in [0.3, 0.4) is 0 Å². The summed E-state index contributed by atoms with van der Waals surface area (Å²) < 4.78 is 4.95. The predicted molar refractivity (Wildman–Crippen MR) is 76.3 cm³/mol. The number of nitrogens with one attached hydrogen (secondary N) is 1. The van der Waals surface area contributed by atoms with Crippen LogP contribution < -0.4 is 5.32 Å². The summed E-state index contributed by atoms with van der Waals surface area (Å²) in [6.07, 6.45) is 1.08. The van der Waals surface area contributed by atoms with Gasteiger partial charge in [0.05, 0.1) is 12.6 Å². The van der Waals surface area contributed by atoms with Gasteiger partial charge in [-0.1, -0.05) is 0 Å². The molecule has 1 atom stereocenters. The van der Waals surface area contributed by atoms with Crippen molar-refractivity contribution >= 4 is 17.8 Å². The molecule has 0 aliphatic carbocycles. The summed E-state index contributed by atoms with van der Waals surface area (Å²) in [4.78, 5) is 16.3. The van der Waals surface area contributed by atoms with Crippen molar-refractivity contribution in [3.05, 3.63) is 0 Å². The van der Waals surface area contributed by atoms with Crippen LogP contribution in [0.25, 0.3) is 0 Å². The van der Waals surface area contributed by atoms with E-state index in [1.54, 1.807) is 7.11 Å². The zero-order chi connectivity index (χ0) is 13.4. The number of likely N-dealkylation sites (N-methyl/N-ethyl adjacent to an activating group) is 1. The smallest absolute Gasteiger partial charge is 0.317 e. The molecule has 0 bridgehead atoms. The van der Waals surface area contributed by atoms with Gasteiger partial charge in [-0.25, -0.2) is 4.79 Å². The minimum atomic E-state index is 0.0430. The van der Waals surface area contributed by atoms with Crippen LogP contribution in [0, 0.1) is 0 Å². The molecule has 1 heterocycles. The molecular weight excluding hydrogens is 250 g/mol. The van der Waals surface area contributed by atoms with E-state index in [0.29, 0.717) is 19.2 Å². The number of amides is 2. The summed E-state index contributed by atoms with van der Waals surface area (Å²) in [6, 6.07) is 0.344. The molecule has 0 aromatic rings. The van der Waals surface area contributed by atoms with E-state index >= 15 is 0 Å². The summed E-state index contributed by atoms with van der Waals surface area (Å²) in [5.41, 5.74) is 0. The van der Waals surface area contributed by atoms with Crippen molar-refractivity contribution < 1.29 is 9.53 Å². The average Bonchev–Trinajstić information content (AvgIpc) is 2.54. The predicted octanol–water partition coefficient (Wildman–Crippen LogP) is 0.712. The Bertz CT molecular complexity index is 251. The lowest BCUT2D eigenvalue weighted by molar-refractivity contribution is 0.159. The normalized spacial score (nSPS) is 20.9. The van der Waals surface area contributed by atoms with Crippen molar-refractivity contribution in [2.75, 3.05) is 59.0 Å². The molecule has 6 heteroatoms. The van der Waals surface area contributed by atoms with E-state index in [0.717, 1.165) is 31.0 Å². The number of hydrogen-bond donors (Lipinski definition) is 1. The van der Waals surface area contributed by atoms with E-state index in [-0.39, 0.29) is 6.03 Å². The Kier molecular flexibility index (Phi) is 7.46. The topological polar surface area (TPSA) is 44.8 Å². The second kappa shape index (κ2) is 8.61. The van der Waals surface area contributed by atoms with Gasteiger partial charge in [0.2, 0.25) is 0 Å². The van der Waals surface area contributed by atoms with E-state index in [1.165, 1.54) is 0 Å². The maximum absolute atomic E-state index is 12.1. The first-order chi connectivity index (χ1) is 8.65. The maximum atomic E-state index is 12.1. The monoisotopic (exact) mass is 275 g/mol. The molecule has 0 radical (unpaired) electrons. The van der Waals surface area contributed by atoms with E-state index in [4.69, 9.17) is 4.74 Å². The van der Waals surface area contributed by atoms with Gasteiger partial charge in [-0.3, -0.25) is 0 Å². The zero-order valence-corrected chi connectivity index (χ0v) is 12.5.